The Morgan fingerprint density at radius 1 is 1.12 bits per heavy atom. The third kappa shape index (κ3) is 3.32. The number of aromatic nitrogens is 5. The number of nitrogens with two attached hydrogens (primary N) is 1. The van der Waals surface area contributed by atoms with Crippen LogP contribution in [0.2, 0.25) is 0 Å². The van der Waals surface area contributed by atoms with Gasteiger partial charge in [0.25, 0.3) is 0 Å². The van der Waals surface area contributed by atoms with Gasteiger partial charge in [0.05, 0.1) is 16.2 Å². The number of nitrogen functional groups attached to an aromatic ring is 1. The fraction of sp³-hybridized carbons (Fsp3) is 0.0667. The summed E-state index contributed by atoms with van der Waals surface area (Å²) in [6, 6.07) is 11.6. The van der Waals surface area contributed by atoms with Crippen LogP contribution in [0.3, 0.4) is 0 Å². The summed E-state index contributed by atoms with van der Waals surface area (Å²) >= 11 is 6.43. The lowest BCUT2D eigenvalue weighted by Crippen LogP contribution is -2.11. The van der Waals surface area contributed by atoms with Crippen LogP contribution in [0.4, 0.5) is 0 Å². The molecule has 126 valence electrons. The van der Waals surface area contributed by atoms with Crippen LogP contribution in [0.1, 0.15) is 5.89 Å². The van der Waals surface area contributed by atoms with Gasteiger partial charge in [-0.05, 0) is 39.5 Å². The Hall–Kier alpha value is -2.17. The fourth-order valence-corrected chi connectivity index (χ4v) is 3.98. The molecule has 0 amide bonds. The largest absolute Gasteiger partial charge is 0.420 e. The number of thioether (sulfide) groups is 1. The molecule has 0 saturated heterocycles. The van der Waals surface area contributed by atoms with Gasteiger partial charge < -0.3 is 10.3 Å². The molecule has 0 aliphatic rings. The molecule has 1 aromatic carbocycles. The lowest BCUT2D eigenvalue weighted by Gasteiger charge is -2.00. The maximum Gasteiger partial charge on any atom is 0.248 e. The maximum atomic E-state index is 6.08. The first-order chi connectivity index (χ1) is 12.2. The lowest BCUT2D eigenvalue weighted by atomic mass is 10.2. The third-order valence-corrected chi connectivity index (χ3v) is 5.79. The Labute approximate surface area is 159 Å². The summed E-state index contributed by atoms with van der Waals surface area (Å²) in [6.07, 6.45) is 0. The summed E-state index contributed by atoms with van der Waals surface area (Å²) < 4.78 is 8.10. The summed E-state index contributed by atoms with van der Waals surface area (Å²) in [4.78, 5) is 0.968. The second kappa shape index (κ2) is 6.98. The summed E-state index contributed by atoms with van der Waals surface area (Å²) in [5.74, 6) is 8.14. The van der Waals surface area contributed by atoms with E-state index in [2.05, 4.69) is 36.3 Å². The summed E-state index contributed by atoms with van der Waals surface area (Å²) in [6.45, 7) is 0. The number of rotatable bonds is 5. The average molecular weight is 435 g/mol. The number of benzene rings is 1. The molecule has 3 aromatic heterocycles. The Balaban J connectivity index is 1.49. The Kier molecular flexibility index (Phi) is 4.55. The van der Waals surface area contributed by atoms with Gasteiger partial charge >= 0.3 is 0 Å². The minimum atomic E-state index is 0.456. The molecule has 0 atom stereocenters. The zero-order chi connectivity index (χ0) is 17.2. The fourth-order valence-electron chi connectivity index (χ4n) is 2.13. The molecule has 0 saturated carbocycles. The number of hydrogen-bond acceptors (Lipinski definition) is 8. The van der Waals surface area contributed by atoms with E-state index in [1.807, 2.05) is 41.8 Å². The topological polar surface area (TPSA) is 95.7 Å². The van der Waals surface area contributed by atoms with Crippen LogP contribution >= 0.6 is 39.0 Å². The molecule has 4 aromatic rings. The number of thiophene rings is 1. The van der Waals surface area contributed by atoms with E-state index in [1.54, 1.807) is 11.3 Å². The van der Waals surface area contributed by atoms with Crippen molar-refractivity contribution in [3.05, 3.63) is 52.1 Å². The standard InChI is InChI=1S/C15H11BrN6OS2/c16-10-5-2-1-4-9(10)14-20-18-12(23-14)8-25-15-21-19-13(22(15)17)11-6-3-7-24-11/h1-7H,8,17H2. The van der Waals surface area contributed by atoms with Crippen LogP contribution in [0.25, 0.3) is 22.2 Å². The van der Waals surface area contributed by atoms with Crippen LogP contribution in [-0.4, -0.2) is 25.1 Å². The zero-order valence-electron chi connectivity index (χ0n) is 12.7. The minimum absolute atomic E-state index is 0.456. The van der Waals surface area contributed by atoms with Gasteiger partial charge in [-0.15, -0.1) is 31.7 Å². The molecular formula is C15H11BrN6OS2. The monoisotopic (exact) mass is 434 g/mol. The number of halogens is 1. The summed E-state index contributed by atoms with van der Waals surface area (Å²) in [7, 11) is 0. The molecule has 7 nitrogen and oxygen atoms in total. The van der Waals surface area contributed by atoms with Gasteiger partial charge in [-0.2, -0.15) is 0 Å². The molecule has 3 heterocycles. The van der Waals surface area contributed by atoms with Gasteiger partial charge in [0, 0.05) is 4.47 Å². The Morgan fingerprint density at radius 2 is 2.00 bits per heavy atom. The highest BCUT2D eigenvalue weighted by molar-refractivity contribution is 9.10. The van der Waals surface area contributed by atoms with Gasteiger partial charge in [0.2, 0.25) is 16.9 Å². The van der Waals surface area contributed by atoms with Crippen molar-refractivity contribution in [3.8, 4) is 22.2 Å². The SMILES string of the molecule is Nn1c(SCc2nnc(-c3ccccc3Br)o2)nnc1-c1cccs1. The quantitative estimate of drug-likeness (QED) is 0.376. The Morgan fingerprint density at radius 3 is 2.80 bits per heavy atom. The normalized spacial score (nSPS) is 11.1. The van der Waals surface area contributed by atoms with Gasteiger partial charge in [-0.25, -0.2) is 4.68 Å². The van der Waals surface area contributed by atoms with E-state index in [0.29, 0.717) is 28.5 Å². The average Bonchev–Trinajstić information content (AvgIpc) is 3.34. The predicted molar refractivity (Wildman–Crippen MR) is 100 cm³/mol. The van der Waals surface area contributed by atoms with E-state index >= 15 is 0 Å². The van der Waals surface area contributed by atoms with Crippen molar-refractivity contribution in [2.75, 3.05) is 5.84 Å². The second-order valence-electron chi connectivity index (χ2n) is 4.92. The van der Waals surface area contributed by atoms with Gasteiger partial charge in [0.15, 0.2) is 5.82 Å². The van der Waals surface area contributed by atoms with Crippen LogP contribution < -0.4 is 5.84 Å². The first-order valence-electron chi connectivity index (χ1n) is 7.17. The molecular weight excluding hydrogens is 424 g/mol. The summed E-state index contributed by atoms with van der Waals surface area (Å²) in [5.41, 5.74) is 0.855. The first kappa shape index (κ1) is 16.3. The van der Waals surface area contributed by atoms with Gasteiger partial charge in [-0.1, -0.05) is 30.0 Å². The van der Waals surface area contributed by atoms with E-state index in [0.717, 1.165) is 14.9 Å². The van der Waals surface area contributed by atoms with Crippen molar-refractivity contribution in [2.24, 2.45) is 0 Å². The molecule has 4 rings (SSSR count). The van der Waals surface area contributed by atoms with Crippen molar-refractivity contribution in [1.82, 2.24) is 25.1 Å². The molecule has 0 radical (unpaired) electrons. The van der Waals surface area contributed by atoms with Crippen LogP contribution in [-0.2, 0) is 5.75 Å². The van der Waals surface area contributed by atoms with Gasteiger partial charge in [0.1, 0.15) is 0 Å². The molecule has 0 unspecified atom stereocenters. The first-order valence-corrected chi connectivity index (χ1v) is 9.82. The van der Waals surface area contributed by atoms with Crippen molar-refractivity contribution < 1.29 is 4.42 Å². The van der Waals surface area contributed by atoms with Gasteiger partial charge in [-0.3, -0.25) is 0 Å². The minimum Gasteiger partial charge on any atom is -0.420 e. The maximum absolute atomic E-state index is 6.08. The number of hydrogen-bond donors (Lipinski definition) is 1. The third-order valence-electron chi connectivity index (χ3n) is 3.30. The zero-order valence-corrected chi connectivity index (χ0v) is 15.9. The van der Waals surface area contributed by atoms with Crippen molar-refractivity contribution >= 4 is 39.0 Å². The highest BCUT2D eigenvalue weighted by Crippen LogP contribution is 2.29. The molecule has 0 spiro atoms. The van der Waals surface area contributed by atoms with E-state index in [1.165, 1.54) is 16.4 Å². The number of nitrogens with zero attached hydrogens (tertiary/aromatic N) is 5. The predicted octanol–water partition coefficient (Wildman–Crippen LogP) is 3.83. The molecule has 10 heteroatoms. The summed E-state index contributed by atoms with van der Waals surface area (Å²) in [5, 5.41) is 19.0. The highest BCUT2D eigenvalue weighted by Gasteiger charge is 2.15. The van der Waals surface area contributed by atoms with E-state index in [-0.39, 0.29) is 0 Å². The van der Waals surface area contributed by atoms with E-state index in [9.17, 15) is 0 Å². The molecule has 0 bridgehead atoms. The lowest BCUT2D eigenvalue weighted by molar-refractivity contribution is 0.528. The van der Waals surface area contributed by atoms with Crippen molar-refractivity contribution in [2.45, 2.75) is 10.9 Å². The molecule has 0 aliphatic carbocycles. The second-order valence-corrected chi connectivity index (χ2v) is 7.67. The highest BCUT2D eigenvalue weighted by atomic mass is 79.9. The van der Waals surface area contributed by atoms with E-state index < -0.39 is 0 Å². The van der Waals surface area contributed by atoms with Crippen molar-refractivity contribution in [1.29, 1.82) is 0 Å². The van der Waals surface area contributed by atoms with Crippen LogP contribution in [0.5, 0.6) is 0 Å². The van der Waals surface area contributed by atoms with E-state index in [4.69, 9.17) is 10.3 Å². The molecule has 25 heavy (non-hydrogen) atoms. The molecule has 0 fully saturated rings. The van der Waals surface area contributed by atoms with Crippen molar-refractivity contribution in [3.63, 3.8) is 0 Å². The Bertz CT molecular complexity index is 997. The smallest absolute Gasteiger partial charge is 0.248 e. The van der Waals surface area contributed by atoms with Crippen LogP contribution in [0.15, 0.2) is 55.8 Å². The molecule has 2 N–H and O–H groups in total. The van der Waals surface area contributed by atoms with Crippen LogP contribution in [0, 0.1) is 0 Å². The molecule has 0 aliphatic heterocycles.